The van der Waals surface area contributed by atoms with Crippen molar-refractivity contribution in [2.45, 2.75) is 71.1 Å². The van der Waals surface area contributed by atoms with E-state index in [1.807, 2.05) is 33.8 Å². The summed E-state index contributed by atoms with van der Waals surface area (Å²) in [6, 6.07) is 5.05. The first-order valence-electron chi connectivity index (χ1n) is 11.5. The van der Waals surface area contributed by atoms with Crippen LogP contribution in [-0.4, -0.2) is 58.7 Å². The van der Waals surface area contributed by atoms with Crippen molar-refractivity contribution in [3.05, 3.63) is 35.9 Å². The second-order valence-electron chi connectivity index (χ2n) is 8.93. The summed E-state index contributed by atoms with van der Waals surface area (Å²) >= 11 is 4.16. The summed E-state index contributed by atoms with van der Waals surface area (Å²) in [5.41, 5.74) is 6.71. The number of carbonyl (C=O) groups excluding carboxylic acids is 3. The van der Waals surface area contributed by atoms with Crippen molar-refractivity contribution in [2.75, 3.05) is 5.75 Å². The Morgan fingerprint density at radius 3 is 1.94 bits per heavy atom. The van der Waals surface area contributed by atoms with Gasteiger partial charge in [-0.1, -0.05) is 64.4 Å². The Balaban J connectivity index is 2.91. The van der Waals surface area contributed by atoms with Gasteiger partial charge >= 0.3 is 5.97 Å². The van der Waals surface area contributed by atoms with Crippen molar-refractivity contribution in [1.82, 2.24) is 16.0 Å². The van der Waals surface area contributed by atoms with Crippen LogP contribution in [0.15, 0.2) is 30.3 Å². The quantitative estimate of drug-likeness (QED) is 0.213. The number of hydrogen-bond acceptors (Lipinski definition) is 6. The summed E-state index contributed by atoms with van der Waals surface area (Å²) in [7, 11) is 0. The molecular weight excluding hydrogens is 456 g/mol. The van der Waals surface area contributed by atoms with Gasteiger partial charge in [-0.25, -0.2) is 4.79 Å². The van der Waals surface area contributed by atoms with Crippen LogP contribution >= 0.6 is 12.6 Å². The molecule has 3 amide bonds. The summed E-state index contributed by atoms with van der Waals surface area (Å²) in [5.74, 6) is -2.86. The molecule has 0 heterocycles. The van der Waals surface area contributed by atoms with Crippen LogP contribution < -0.4 is 21.7 Å². The molecule has 9 nitrogen and oxygen atoms in total. The summed E-state index contributed by atoms with van der Waals surface area (Å²) in [4.78, 5) is 50.0. The first-order chi connectivity index (χ1) is 16.0. The monoisotopic (exact) mass is 494 g/mol. The van der Waals surface area contributed by atoms with E-state index in [0.29, 0.717) is 6.42 Å². The number of hydrogen-bond donors (Lipinski definition) is 6. The molecular formula is C24H38N4O5S. The maximum atomic E-state index is 13.0. The fourth-order valence-electron chi connectivity index (χ4n) is 3.27. The lowest BCUT2D eigenvalue weighted by atomic mass is 9.99. The summed E-state index contributed by atoms with van der Waals surface area (Å²) in [5, 5.41) is 17.4. The Morgan fingerprint density at radius 1 is 0.912 bits per heavy atom. The van der Waals surface area contributed by atoms with Crippen LogP contribution in [0.3, 0.4) is 0 Å². The lowest BCUT2D eigenvalue weighted by Gasteiger charge is -2.26. The van der Waals surface area contributed by atoms with E-state index in [4.69, 9.17) is 5.73 Å². The zero-order chi connectivity index (χ0) is 25.8. The van der Waals surface area contributed by atoms with E-state index in [9.17, 15) is 24.3 Å². The highest BCUT2D eigenvalue weighted by atomic mass is 32.1. The van der Waals surface area contributed by atoms with Gasteiger partial charge in [0.15, 0.2) is 0 Å². The highest BCUT2D eigenvalue weighted by Gasteiger charge is 2.31. The molecule has 0 aromatic heterocycles. The van der Waals surface area contributed by atoms with E-state index >= 15 is 0 Å². The van der Waals surface area contributed by atoms with Crippen molar-refractivity contribution in [3.8, 4) is 0 Å². The van der Waals surface area contributed by atoms with E-state index in [0.717, 1.165) is 5.56 Å². The minimum absolute atomic E-state index is 0.00652. The minimum Gasteiger partial charge on any atom is -0.480 e. The van der Waals surface area contributed by atoms with Crippen LogP contribution in [0.4, 0.5) is 0 Å². The van der Waals surface area contributed by atoms with Crippen molar-refractivity contribution in [2.24, 2.45) is 17.6 Å². The molecule has 1 aromatic rings. The van der Waals surface area contributed by atoms with Gasteiger partial charge in [-0.3, -0.25) is 14.4 Å². The maximum Gasteiger partial charge on any atom is 0.326 e. The van der Waals surface area contributed by atoms with Gasteiger partial charge in [-0.2, -0.15) is 12.6 Å². The Bertz CT molecular complexity index is 821. The maximum absolute atomic E-state index is 13.0. The van der Waals surface area contributed by atoms with E-state index in [2.05, 4.69) is 28.6 Å². The summed E-state index contributed by atoms with van der Waals surface area (Å²) in [6.45, 7) is 7.53. The van der Waals surface area contributed by atoms with Gasteiger partial charge in [0.2, 0.25) is 17.7 Å². The molecule has 5 atom stereocenters. The van der Waals surface area contributed by atoms with Crippen LogP contribution in [0.2, 0.25) is 0 Å². The van der Waals surface area contributed by atoms with Crippen LogP contribution in [0.5, 0.6) is 0 Å². The van der Waals surface area contributed by atoms with Crippen LogP contribution in [0, 0.1) is 11.8 Å². The van der Waals surface area contributed by atoms with E-state index in [-0.39, 0.29) is 30.4 Å². The van der Waals surface area contributed by atoms with E-state index < -0.39 is 47.9 Å². The van der Waals surface area contributed by atoms with Gasteiger partial charge in [0, 0.05) is 12.2 Å². The fourth-order valence-corrected chi connectivity index (χ4v) is 3.53. The number of benzene rings is 1. The van der Waals surface area contributed by atoms with Crippen LogP contribution in [0.25, 0.3) is 0 Å². The average molecular weight is 495 g/mol. The van der Waals surface area contributed by atoms with Gasteiger partial charge in [-0.15, -0.1) is 0 Å². The molecule has 0 fully saturated rings. The Kier molecular flexibility index (Phi) is 12.7. The number of carboxylic acids is 1. The lowest BCUT2D eigenvalue weighted by Crippen LogP contribution is -2.58. The molecule has 1 aromatic carbocycles. The first-order valence-corrected chi connectivity index (χ1v) is 12.2. The predicted molar refractivity (Wildman–Crippen MR) is 134 cm³/mol. The van der Waals surface area contributed by atoms with Crippen molar-refractivity contribution in [3.63, 3.8) is 0 Å². The zero-order valence-electron chi connectivity index (χ0n) is 20.3. The van der Waals surface area contributed by atoms with Gasteiger partial charge < -0.3 is 26.8 Å². The number of rotatable bonds is 14. The molecule has 0 bridgehead atoms. The zero-order valence-corrected chi connectivity index (χ0v) is 21.2. The molecule has 0 spiro atoms. The largest absolute Gasteiger partial charge is 0.480 e. The second-order valence-corrected chi connectivity index (χ2v) is 9.30. The minimum atomic E-state index is -1.17. The number of amides is 3. The molecule has 0 aliphatic carbocycles. The number of carbonyl (C=O) groups is 4. The molecule has 190 valence electrons. The molecule has 1 rings (SSSR count). The molecule has 0 saturated heterocycles. The highest BCUT2D eigenvalue weighted by molar-refractivity contribution is 7.80. The molecule has 5 unspecified atom stereocenters. The highest BCUT2D eigenvalue weighted by Crippen LogP contribution is 2.09. The molecule has 0 aliphatic heterocycles. The molecule has 10 heteroatoms. The smallest absolute Gasteiger partial charge is 0.326 e. The predicted octanol–water partition coefficient (Wildman–Crippen LogP) is 1.12. The van der Waals surface area contributed by atoms with Gasteiger partial charge in [-0.05, 0) is 23.8 Å². The normalized spacial score (nSPS) is 15.5. The molecule has 6 N–H and O–H groups in total. The molecule has 0 aliphatic rings. The van der Waals surface area contributed by atoms with Crippen molar-refractivity contribution in [1.29, 1.82) is 0 Å². The van der Waals surface area contributed by atoms with Gasteiger partial charge in [0.25, 0.3) is 0 Å². The number of nitrogens with one attached hydrogen (secondary N) is 3. The SMILES string of the molecule is CCC(C)C(N)C(=O)NC(CS)C(=O)NC(CC(C)C)C(=O)NC(Cc1ccccc1)C(=O)O. The van der Waals surface area contributed by atoms with Crippen molar-refractivity contribution >= 4 is 36.3 Å². The standard InChI is InChI=1S/C24H38N4O5S/c1-5-15(4)20(25)23(31)28-19(13-34)22(30)26-17(11-14(2)3)21(29)27-18(24(32)33)12-16-9-7-6-8-10-16/h6-10,14-15,17-20,34H,5,11-13,25H2,1-4H3,(H,26,30)(H,27,29)(H,28,31)(H,32,33). The molecule has 0 radical (unpaired) electrons. The number of aliphatic carboxylic acids is 1. The number of nitrogens with two attached hydrogens (primary N) is 1. The second kappa shape index (κ2) is 14.6. The van der Waals surface area contributed by atoms with Crippen LogP contribution in [0.1, 0.15) is 46.1 Å². The lowest BCUT2D eigenvalue weighted by molar-refractivity contribution is -0.142. The summed E-state index contributed by atoms with van der Waals surface area (Å²) in [6.07, 6.45) is 1.10. The topological polar surface area (TPSA) is 151 Å². The Morgan fingerprint density at radius 2 is 1.44 bits per heavy atom. The van der Waals surface area contributed by atoms with Gasteiger partial charge in [0.05, 0.1) is 6.04 Å². The summed E-state index contributed by atoms with van der Waals surface area (Å²) < 4.78 is 0. The average Bonchev–Trinajstić information content (AvgIpc) is 2.80. The number of thiol groups is 1. The van der Waals surface area contributed by atoms with E-state index in [1.165, 1.54) is 0 Å². The van der Waals surface area contributed by atoms with E-state index in [1.54, 1.807) is 24.3 Å². The number of carboxylic acid groups (broad SMARTS) is 1. The molecule has 34 heavy (non-hydrogen) atoms. The van der Waals surface area contributed by atoms with Gasteiger partial charge in [0.1, 0.15) is 18.1 Å². The Labute approximate surface area is 207 Å². The Hall–Kier alpha value is -2.59. The fraction of sp³-hybridized carbons (Fsp3) is 0.583. The van der Waals surface area contributed by atoms with Crippen molar-refractivity contribution < 1.29 is 24.3 Å². The molecule has 0 saturated carbocycles. The van der Waals surface area contributed by atoms with Crippen LogP contribution in [-0.2, 0) is 25.6 Å². The first kappa shape index (κ1) is 29.4. The third-order valence-electron chi connectivity index (χ3n) is 5.61. The third-order valence-corrected chi connectivity index (χ3v) is 5.98. The third kappa shape index (κ3) is 9.72.